The summed E-state index contributed by atoms with van der Waals surface area (Å²) in [5, 5.41) is 8.41. The molecule has 0 aliphatic heterocycles. The van der Waals surface area contributed by atoms with Crippen molar-refractivity contribution in [3.8, 4) is 0 Å². The van der Waals surface area contributed by atoms with Crippen molar-refractivity contribution in [1.29, 1.82) is 0 Å². The van der Waals surface area contributed by atoms with E-state index in [1.807, 2.05) is 0 Å². The molecule has 0 saturated heterocycles. The van der Waals surface area contributed by atoms with Crippen LogP contribution < -0.4 is 0 Å². The smallest absolute Gasteiger partial charge is 0.392 e. The second-order valence-electron chi connectivity index (χ2n) is 3.67. The second kappa shape index (κ2) is 5.16. The Bertz CT molecular complexity index is 401. The third-order valence-electron chi connectivity index (χ3n) is 2.26. The number of carboxylic acid groups (broad SMARTS) is 1. The highest BCUT2D eigenvalue weighted by Crippen LogP contribution is 2.31. The molecule has 0 radical (unpaired) electrons. The molecule has 94 valence electrons. The summed E-state index contributed by atoms with van der Waals surface area (Å²) in [5.74, 6) is -4.16. The van der Waals surface area contributed by atoms with Gasteiger partial charge in [-0.25, -0.2) is 4.39 Å². The fourth-order valence-electron chi connectivity index (χ4n) is 1.46. The maximum Gasteiger partial charge on any atom is 0.392 e. The Morgan fingerprint density at radius 3 is 2.47 bits per heavy atom. The number of hydrogen-bond acceptors (Lipinski definition) is 1. The molecule has 17 heavy (non-hydrogen) atoms. The van der Waals surface area contributed by atoms with E-state index in [0.29, 0.717) is 0 Å². The van der Waals surface area contributed by atoms with E-state index < -0.39 is 36.7 Å². The van der Waals surface area contributed by atoms with Crippen LogP contribution in [0.15, 0.2) is 24.3 Å². The van der Waals surface area contributed by atoms with Gasteiger partial charge in [0.25, 0.3) is 0 Å². The molecule has 0 saturated carbocycles. The first-order valence-corrected chi connectivity index (χ1v) is 4.82. The molecule has 0 bridgehead atoms. The van der Waals surface area contributed by atoms with Crippen LogP contribution in [0.25, 0.3) is 0 Å². The molecule has 1 rings (SSSR count). The zero-order chi connectivity index (χ0) is 13.1. The van der Waals surface area contributed by atoms with Gasteiger partial charge in [0.2, 0.25) is 0 Å². The summed E-state index contributed by atoms with van der Waals surface area (Å²) in [6.45, 7) is 0. The van der Waals surface area contributed by atoms with Gasteiger partial charge in [0.05, 0.1) is 12.3 Å². The molecule has 0 aromatic heterocycles. The van der Waals surface area contributed by atoms with Gasteiger partial charge in [-0.2, -0.15) is 13.2 Å². The Labute approximate surface area is 94.9 Å². The lowest BCUT2D eigenvalue weighted by atomic mass is 9.95. The maximum atomic E-state index is 12.8. The van der Waals surface area contributed by atoms with Gasteiger partial charge in [-0.3, -0.25) is 4.79 Å². The van der Waals surface area contributed by atoms with Crippen molar-refractivity contribution in [2.24, 2.45) is 5.92 Å². The number of halogens is 4. The number of alkyl halides is 3. The summed E-state index contributed by atoms with van der Waals surface area (Å²) in [6, 6.07) is 4.71. The molecule has 0 fully saturated rings. The molecule has 1 aromatic rings. The highest BCUT2D eigenvalue weighted by molar-refractivity contribution is 5.67. The molecule has 0 aliphatic carbocycles. The van der Waals surface area contributed by atoms with Crippen molar-refractivity contribution in [2.75, 3.05) is 0 Å². The topological polar surface area (TPSA) is 37.3 Å². The van der Waals surface area contributed by atoms with Crippen LogP contribution in [-0.2, 0) is 11.2 Å². The van der Waals surface area contributed by atoms with Crippen molar-refractivity contribution in [3.05, 3.63) is 35.6 Å². The summed E-state index contributed by atoms with van der Waals surface area (Å²) < 4.78 is 50.3. The number of carbonyl (C=O) groups is 1. The van der Waals surface area contributed by atoms with E-state index in [0.717, 1.165) is 12.1 Å². The lowest BCUT2D eigenvalue weighted by molar-refractivity contribution is -0.182. The summed E-state index contributed by atoms with van der Waals surface area (Å²) in [4.78, 5) is 10.3. The average molecular weight is 250 g/mol. The van der Waals surface area contributed by atoms with Crippen LogP contribution in [0.1, 0.15) is 12.0 Å². The molecule has 1 N–H and O–H groups in total. The summed E-state index contributed by atoms with van der Waals surface area (Å²) in [6.07, 6.45) is -6.15. The van der Waals surface area contributed by atoms with Gasteiger partial charge in [-0.15, -0.1) is 0 Å². The zero-order valence-electron chi connectivity index (χ0n) is 8.67. The Morgan fingerprint density at radius 1 is 1.35 bits per heavy atom. The highest BCUT2D eigenvalue weighted by Gasteiger charge is 2.40. The third-order valence-corrected chi connectivity index (χ3v) is 2.26. The van der Waals surface area contributed by atoms with Crippen LogP contribution in [0, 0.1) is 11.7 Å². The Kier molecular flexibility index (Phi) is 4.09. The number of carboxylic acids is 1. The van der Waals surface area contributed by atoms with Crippen LogP contribution in [0.4, 0.5) is 17.6 Å². The minimum absolute atomic E-state index is 0.133. The lowest BCUT2D eigenvalue weighted by Gasteiger charge is -2.18. The zero-order valence-corrected chi connectivity index (χ0v) is 8.67. The first-order chi connectivity index (χ1) is 7.79. The molecule has 0 spiro atoms. The molecule has 6 heteroatoms. The van der Waals surface area contributed by atoms with Crippen molar-refractivity contribution in [2.45, 2.75) is 19.0 Å². The SMILES string of the molecule is O=C(O)CC(Cc1cccc(F)c1)C(F)(F)F. The van der Waals surface area contributed by atoms with E-state index in [2.05, 4.69) is 0 Å². The van der Waals surface area contributed by atoms with E-state index in [1.54, 1.807) is 0 Å². The molecule has 1 atom stereocenters. The van der Waals surface area contributed by atoms with Gasteiger partial charge in [-0.1, -0.05) is 12.1 Å². The van der Waals surface area contributed by atoms with Crippen molar-refractivity contribution >= 4 is 5.97 Å². The standard InChI is InChI=1S/C11H10F4O2/c12-9-3-1-2-7(5-9)4-8(6-10(16)17)11(13,14)15/h1-3,5,8H,4,6H2,(H,16,17). The second-order valence-corrected chi connectivity index (χ2v) is 3.67. The third kappa shape index (κ3) is 4.42. The average Bonchev–Trinajstić information content (AvgIpc) is 2.14. The molecule has 0 aliphatic rings. The van der Waals surface area contributed by atoms with Gasteiger partial charge in [0.1, 0.15) is 5.82 Å². The predicted octanol–water partition coefficient (Wildman–Crippen LogP) is 3.02. The van der Waals surface area contributed by atoms with Crippen LogP contribution >= 0.6 is 0 Å². The summed E-state index contributed by atoms with van der Waals surface area (Å²) >= 11 is 0. The molecule has 0 amide bonds. The molecule has 0 heterocycles. The van der Waals surface area contributed by atoms with Gasteiger partial charge in [0, 0.05) is 0 Å². The lowest BCUT2D eigenvalue weighted by Crippen LogP contribution is -2.27. The van der Waals surface area contributed by atoms with Crippen LogP contribution in [0.5, 0.6) is 0 Å². The number of rotatable bonds is 4. The minimum atomic E-state index is -4.61. The largest absolute Gasteiger partial charge is 0.481 e. The van der Waals surface area contributed by atoms with Gasteiger partial charge in [-0.05, 0) is 24.1 Å². The minimum Gasteiger partial charge on any atom is -0.481 e. The van der Waals surface area contributed by atoms with Crippen molar-refractivity contribution in [3.63, 3.8) is 0 Å². The Balaban J connectivity index is 2.83. The molecular formula is C11H10F4O2. The number of aliphatic carboxylic acids is 1. The van der Waals surface area contributed by atoms with Crippen molar-refractivity contribution in [1.82, 2.24) is 0 Å². The fourth-order valence-corrected chi connectivity index (χ4v) is 1.46. The predicted molar refractivity (Wildman–Crippen MR) is 51.9 cm³/mol. The van der Waals surface area contributed by atoms with E-state index in [-0.39, 0.29) is 5.56 Å². The molecule has 1 unspecified atom stereocenters. The van der Waals surface area contributed by atoms with E-state index in [1.165, 1.54) is 12.1 Å². The maximum absolute atomic E-state index is 12.8. The van der Waals surface area contributed by atoms with E-state index in [9.17, 15) is 22.4 Å². The van der Waals surface area contributed by atoms with Crippen LogP contribution in [0.3, 0.4) is 0 Å². The number of hydrogen-bond donors (Lipinski definition) is 1. The van der Waals surface area contributed by atoms with Crippen LogP contribution in [0.2, 0.25) is 0 Å². The monoisotopic (exact) mass is 250 g/mol. The Morgan fingerprint density at radius 2 is 2.00 bits per heavy atom. The fraction of sp³-hybridized carbons (Fsp3) is 0.364. The molecule has 2 nitrogen and oxygen atoms in total. The highest BCUT2D eigenvalue weighted by atomic mass is 19.4. The molecular weight excluding hydrogens is 240 g/mol. The van der Waals surface area contributed by atoms with Gasteiger partial charge in [0.15, 0.2) is 0 Å². The summed E-state index contributed by atoms with van der Waals surface area (Å²) in [7, 11) is 0. The molecule has 1 aromatic carbocycles. The number of benzene rings is 1. The normalized spacial score (nSPS) is 13.4. The van der Waals surface area contributed by atoms with Gasteiger partial charge >= 0.3 is 12.1 Å². The Hall–Kier alpha value is -1.59. The van der Waals surface area contributed by atoms with E-state index in [4.69, 9.17) is 5.11 Å². The first-order valence-electron chi connectivity index (χ1n) is 4.82. The van der Waals surface area contributed by atoms with Crippen LogP contribution in [-0.4, -0.2) is 17.3 Å². The first kappa shape index (κ1) is 13.5. The quantitative estimate of drug-likeness (QED) is 0.834. The van der Waals surface area contributed by atoms with Gasteiger partial charge < -0.3 is 5.11 Å². The van der Waals surface area contributed by atoms with E-state index >= 15 is 0 Å². The van der Waals surface area contributed by atoms with Crippen molar-refractivity contribution < 1.29 is 27.5 Å². The summed E-state index contributed by atoms with van der Waals surface area (Å²) in [5.41, 5.74) is 0.133.